The fraction of sp³-hybridized carbons (Fsp3) is 0.182. The van der Waals surface area contributed by atoms with Gasteiger partial charge in [-0.2, -0.15) is 13.2 Å². The van der Waals surface area contributed by atoms with E-state index in [2.05, 4.69) is 10.3 Å². The van der Waals surface area contributed by atoms with Crippen molar-refractivity contribution in [3.05, 3.63) is 34.7 Å². The number of benzene rings is 1. The zero-order valence-corrected chi connectivity index (χ0v) is 9.83. The predicted octanol–water partition coefficient (Wildman–Crippen LogP) is 4.09. The number of anilines is 1. The minimum atomic E-state index is -4.59. The van der Waals surface area contributed by atoms with Crippen LogP contribution in [-0.2, 0) is 6.18 Å². The SMILES string of the molecule is CNc1cc(C(F)(F)F)nc2c(Cl)cc(F)cc12. The first kappa shape index (κ1) is 12.9. The van der Waals surface area contributed by atoms with Crippen LogP contribution in [0.3, 0.4) is 0 Å². The molecular formula is C11H7ClF4N2. The zero-order valence-electron chi connectivity index (χ0n) is 9.07. The van der Waals surface area contributed by atoms with Gasteiger partial charge in [0.1, 0.15) is 11.5 Å². The summed E-state index contributed by atoms with van der Waals surface area (Å²) in [5, 5.41) is 2.62. The number of halogens is 5. The number of aromatic nitrogens is 1. The Morgan fingerprint density at radius 1 is 1.22 bits per heavy atom. The molecule has 0 aliphatic rings. The molecule has 1 N–H and O–H groups in total. The van der Waals surface area contributed by atoms with Crippen molar-refractivity contribution in [2.75, 3.05) is 12.4 Å². The van der Waals surface area contributed by atoms with Crippen molar-refractivity contribution in [1.29, 1.82) is 0 Å². The fourth-order valence-corrected chi connectivity index (χ4v) is 1.85. The summed E-state index contributed by atoms with van der Waals surface area (Å²) in [6.45, 7) is 0. The lowest BCUT2D eigenvalue weighted by molar-refractivity contribution is -0.140. The molecule has 2 aromatic rings. The third-order valence-electron chi connectivity index (χ3n) is 2.39. The normalized spacial score (nSPS) is 11.9. The van der Waals surface area contributed by atoms with Crippen molar-refractivity contribution < 1.29 is 17.6 Å². The zero-order chi connectivity index (χ0) is 13.5. The molecule has 0 fully saturated rings. The maximum Gasteiger partial charge on any atom is 0.433 e. The lowest BCUT2D eigenvalue weighted by Crippen LogP contribution is -2.09. The third kappa shape index (κ3) is 2.20. The van der Waals surface area contributed by atoms with Gasteiger partial charge in [0, 0.05) is 18.1 Å². The smallest absolute Gasteiger partial charge is 0.388 e. The topological polar surface area (TPSA) is 24.9 Å². The number of fused-ring (bicyclic) bond motifs is 1. The molecule has 2 nitrogen and oxygen atoms in total. The molecule has 0 atom stereocenters. The Hall–Kier alpha value is -1.56. The Morgan fingerprint density at radius 3 is 2.44 bits per heavy atom. The molecule has 7 heteroatoms. The highest BCUT2D eigenvalue weighted by Gasteiger charge is 2.33. The van der Waals surface area contributed by atoms with E-state index in [4.69, 9.17) is 11.6 Å². The van der Waals surface area contributed by atoms with Crippen LogP contribution in [-0.4, -0.2) is 12.0 Å². The summed E-state index contributed by atoms with van der Waals surface area (Å²) in [7, 11) is 1.44. The van der Waals surface area contributed by atoms with E-state index in [0.717, 1.165) is 18.2 Å². The second-order valence-electron chi connectivity index (χ2n) is 3.59. The molecule has 0 radical (unpaired) electrons. The number of nitrogens with zero attached hydrogens (tertiary/aromatic N) is 1. The van der Waals surface area contributed by atoms with Crippen LogP contribution in [0.2, 0.25) is 5.02 Å². The van der Waals surface area contributed by atoms with Crippen molar-refractivity contribution in [3.8, 4) is 0 Å². The number of hydrogen-bond donors (Lipinski definition) is 1. The van der Waals surface area contributed by atoms with Gasteiger partial charge in [0.05, 0.1) is 10.5 Å². The predicted molar refractivity (Wildman–Crippen MR) is 61.3 cm³/mol. The molecule has 0 aliphatic heterocycles. The van der Waals surface area contributed by atoms with Crippen molar-refractivity contribution in [1.82, 2.24) is 4.98 Å². The van der Waals surface area contributed by atoms with Crippen molar-refractivity contribution >= 4 is 28.2 Å². The summed E-state index contributed by atoms with van der Waals surface area (Å²) < 4.78 is 51.1. The Morgan fingerprint density at radius 2 is 1.89 bits per heavy atom. The monoisotopic (exact) mass is 278 g/mol. The average molecular weight is 279 g/mol. The molecule has 0 spiro atoms. The highest BCUT2D eigenvalue weighted by atomic mass is 35.5. The van der Waals surface area contributed by atoms with E-state index in [0.29, 0.717) is 0 Å². The molecular weight excluding hydrogens is 272 g/mol. The van der Waals surface area contributed by atoms with E-state index in [1.807, 2.05) is 0 Å². The van der Waals surface area contributed by atoms with Gasteiger partial charge in [0.15, 0.2) is 0 Å². The molecule has 0 aliphatic carbocycles. The molecule has 96 valence electrons. The van der Waals surface area contributed by atoms with Crippen LogP contribution in [0.4, 0.5) is 23.2 Å². The maximum absolute atomic E-state index is 13.2. The van der Waals surface area contributed by atoms with Gasteiger partial charge in [-0.1, -0.05) is 11.6 Å². The standard InChI is InChI=1S/C11H7ClF4N2/c1-17-8-4-9(11(14,15)16)18-10-6(8)2-5(13)3-7(10)12/h2-4H,1H3,(H,17,18). The molecule has 0 unspecified atom stereocenters. The highest BCUT2D eigenvalue weighted by Crippen LogP contribution is 2.35. The Kier molecular flexibility index (Phi) is 3.06. The quantitative estimate of drug-likeness (QED) is 0.795. The number of hydrogen-bond acceptors (Lipinski definition) is 2. The average Bonchev–Trinajstić information content (AvgIpc) is 2.26. The van der Waals surface area contributed by atoms with Crippen LogP contribution in [0.15, 0.2) is 18.2 Å². The van der Waals surface area contributed by atoms with E-state index in [-0.39, 0.29) is 21.6 Å². The van der Waals surface area contributed by atoms with Gasteiger partial charge in [-0.15, -0.1) is 0 Å². The van der Waals surface area contributed by atoms with Gasteiger partial charge in [-0.3, -0.25) is 0 Å². The van der Waals surface area contributed by atoms with Gasteiger partial charge < -0.3 is 5.32 Å². The molecule has 18 heavy (non-hydrogen) atoms. The molecule has 0 amide bonds. The number of pyridine rings is 1. The fourth-order valence-electron chi connectivity index (χ4n) is 1.60. The molecule has 1 aromatic heterocycles. The molecule has 0 bridgehead atoms. The van der Waals surface area contributed by atoms with Crippen molar-refractivity contribution in [2.45, 2.75) is 6.18 Å². The first-order valence-corrected chi connectivity index (χ1v) is 5.25. The van der Waals surface area contributed by atoms with Crippen molar-refractivity contribution in [3.63, 3.8) is 0 Å². The second-order valence-corrected chi connectivity index (χ2v) is 3.99. The molecule has 0 saturated heterocycles. The molecule has 2 rings (SSSR count). The second kappa shape index (κ2) is 4.28. The van der Waals surface area contributed by atoms with Crippen LogP contribution >= 0.6 is 11.6 Å². The first-order valence-electron chi connectivity index (χ1n) is 4.87. The lowest BCUT2D eigenvalue weighted by Gasteiger charge is -2.12. The van der Waals surface area contributed by atoms with E-state index < -0.39 is 17.7 Å². The highest BCUT2D eigenvalue weighted by molar-refractivity contribution is 6.35. The molecule has 1 heterocycles. The minimum absolute atomic E-state index is 0.0859. The van der Waals surface area contributed by atoms with Gasteiger partial charge >= 0.3 is 6.18 Å². The first-order chi connectivity index (χ1) is 8.32. The van der Waals surface area contributed by atoms with E-state index in [1.165, 1.54) is 7.05 Å². The Labute approximate surface area is 105 Å². The van der Waals surface area contributed by atoms with E-state index >= 15 is 0 Å². The van der Waals surface area contributed by atoms with Gasteiger partial charge in [-0.05, 0) is 18.2 Å². The molecule has 0 saturated carbocycles. The van der Waals surface area contributed by atoms with Crippen LogP contribution in [0.1, 0.15) is 5.69 Å². The van der Waals surface area contributed by atoms with Crippen LogP contribution in [0.25, 0.3) is 10.9 Å². The summed E-state index contributed by atoms with van der Waals surface area (Å²) in [6.07, 6.45) is -4.59. The Bertz CT molecular complexity index is 610. The van der Waals surface area contributed by atoms with Gasteiger partial charge in [0.25, 0.3) is 0 Å². The van der Waals surface area contributed by atoms with Crippen molar-refractivity contribution in [2.24, 2.45) is 0 Å². The Balaban J connectivity index is 2.84. The largest absolute Gasteiger partial charge is 0.433 e. The molecule has 1 aromatic carbocycles. The minimum Gasteiger partial charge on any atom is -0.388 e. The summed E-state index contributed by atoms with van der Waals surface area (Å²) >= 11 is 5.72. The van der Waals surface area contributed by atoms with E-state index in [9.17, 15) is 17.6 Å². The van der Waals surface area contributed by atoms with E-state index in [1.54, 1.807) is 0 Å². The van der Waals surface area contributed by atoms with Crippen LogP contribution < -0.4 is 5.32 Å². The summed E-state index contributed by atoms with van der Waals surface area (Å²) in [4.78, 5) is 3.43. The summed E-state index contributed by atoms with van der Waals surface area (Å²) in [6, 6.07) is 2.83. The summed E-state index contributed by atoms with van der Waals surface area (Å²) in [5.74, 6) is -0.634. The lowest BCUT2D eigenvalue weighted by atomic mass is 10.1. The van der Waals surface area contributed by atoms with Gasteiger partial charge in [0.2, 0.25) is 0 Å². The maximum atomic E-state index is 13.2. The summed E-state index contributed by atoms with van der Waals surface area (Å²) in [5.41, 5.74) is -1.04. The van der Waals surface area contributed by atoms with Gasteiger partial charge in [-0.25, -0.2) is 9.37 Å². The number of rotatable bonds is 1. The van der Waals surface area contributed by atoms with Crippen LogP contribution in [0.5, 0.6) is 0 Å². The number of nitrogens with one attached hydrogen (secondary N) is 1. The van der Waals surface area contributed by atoms with Crippen LogP contribution in [0, 0.1) is 5.82 Å². The third-order valence-corrected chi connectivity index (χ3v) is 2.68. The number of alkyl halides is 3.